The summed E-state index contributed by atoms with van der Waals surface area (Å²) in [5.74, 6) is 1.78. The van der Waals surface area contributed by atoms with E-state index in [1.54, 1.807) is 0 Å². The lowest BCUT2D eigenvalue weighted by Crippen LogP contribution is -2.33. The molecular weight excluding hydrogens is 160 g/mol. The molecule has 0 N–H and O–H groups in total. The highest BCUT2D eigenvalue weighted by atomic mass is 16.5. The van der Waals surface area contributed by atoms with E-state index in [0.717, 1.165) is 18.4 Å². The van der Waals surface area contributed by atoms with Crippen LogP contribution in [-0.4, -0.2) is 12.2 Å². The molecule has 2 aliphatic rings. The zero-order valence-electron chi connectivity index (χ0n) is 9.01. The molecule has 0 bridgehead atoms. The Hall–Kier alpha value is -0.0400. The van der Waals surface area contributed by atoms with Gasteiger partial charge in [0, 0.05) is 6.61 Å². The lowest BCUT2D eigenvalue weighted by atomic mass is 9.88. The molecular formula is C12H22O. The lowest BCUT2D eigenvalue weighted by molar-refractivity contribution is -0.0763. The molecule has 1 saturated heterocycles. The average Bonchev–Trinajstić information content (AvgIpc) is 2.51. The average molecular weight is 182 g/mol. The van der Waals surface area contributed by atoms with Crippen LogP contribution in [0.5, 0.6) is 0 Å². The smallest absolute Gasteiger partial charge is 0.0685 e. The highest BCUT2D eigenvalue weighted by Gasteiger charge is 2.41. The maximum atomic E-state index is 6.01. The third-order valence-corrected chi connectivity index (χ3v) is 3.98. The van der Waals surface area contributed by atoms with Gasteiger partial charge in [0.25, 0.3) is 0 Å². The fraction of sp³-hybridized carbons (Fsp3) is 1.00. The van der Waals surface area contributed by atoms with Gasteiger partial charge in [-0.05, 0) is 50.4 Å². The third-order valence-electron chi connectivity index (χ3n) is 3.98. The topological polar surface area (TPSA) is 9.23 Å². The zero-order chi connectivity index (χ0) is 9.31. The van der Waals surface area contributed by atoms with Gasteiger partial charge in [0.2, 0.25) is 0 Å². The van der Waals surface area contributed by atoms with Crippen LogP contribution < -0.4 is 0 Å². The van der Waals surface area contributed by atoms with Crippen molar-refractivity contribution < 1.29 is 4.74 Å². The van der Waals surface area contributed by atoms with Gasteiger partial charge in [0.15, 0.2) is 0 Å². The maximum absolute atomic E-state index is 6.01. The van der Waals surface area contributed by atoms with Gasteiger partial charge in [-0.1, -0.05) is 13.8 Å². The molecule has 0 aromatic rings. The number of ether oxygens (including phenoxy) is 1. The predicted octanol–water partition coefficient (Wildman–Crippen LogP) is 3.38. The molecule has 1 heterocycles. The van der Waals surface area contributed by atoms with Crippen LogP contribution in [0.4, 0.5) is 0 Å². The molecule has 0 amide bonds. The summed E-state index contributed by atoms with van der Waals surface area (Å²) < 4.78 is 6.01. The quantitative estimate of drug-likeness (QED) is 0.604. The van der Waals surface area contributed by atoms with E-state index in [-0.39, 0.29) is 0 Å². The van der Waals surface area contributed by atoms with Gasteiger partial charge >= 0.3 is 0 Å². The summed E-state index contributed by atoms with van der Waals surface area (Å²) in [5, 5.41) is 0. The summed E-state index contributed by atoms with van der Waals surface area (Å²) in [6.07, 6.45) is 8.08. The summed E-state index contributed by atoms with van der Waals surface area (Å²) in [4.78, 5) is 0. The minimum Gasteiger partial charge on any atom is -0.375 e. The van der Waals surface area contributed by atoms with Crippen molar-refractivity contribution in [2.75, 3.05) is 6.61 Å². The Morgan fingerprint density at radius 2 is 2.08 bits per heavy atom. The Bertz CT molecular complexity index is 168. The fourth-order valence-corrected chi connectivity index (χ4v) is 2.97. The Morgan fingerprint density at radius 3 is 2.62 bits per heavy atom. The molecule has 0 radical (unpaired) electrons. The van der Waals surface area contributed by atoms with Gasteiger partial charge in [-0.2, -0.15) is 0 Å². The largest absolute Gasteiger partial charge is 0.375 e. The van der Waals surface area contributed by atoms with Crippen LogP contribution in [0.2, 0.25) is 0 Å². The minimum absolute atomic E-state index is 0.327. The van der Waals surface area contributed by atoms with E-state index in [9.17, 15) is 0 Å². The van der Waals surface area contributed by atoms with Crippen LogP contribution in [-0.2, 0) is 4.74 Å². The first kappa shape index (κ1) is 9.51. The minimum atomic E-state index is 0.327. The molecule has 1 aliphatic carbocycles. The van der Waals surface area contributed by atoms with Crippen molar-refractivity contribution in [1.82, 2.24) is 0 Å². The normalized spacial score (nSPS) is 40.4. The third kappa shape index (κ3) is 1.90. The van der Waals surface area contributed by atoms with Crippen LogP contribution >= 0.6 is 0 Å². The van der Waals surface area contributed by atoms with E-state index in [2.05, 4.69) is 13.8 Å². The molecule has 13 heavy (non-hydrogen) atoms. The highest BCUT2D eigenvalue weighted by Crippen LogP contribution is 2.45. The SMILES string of the molecule is CC(C)C1CCC2(CCCCO2)C1. The van der Waals surface area contributed by atoms with Crippen molar-refractivity contribution in [1.29, 1.82) is 0 Å². The van der Waals surface area contributed by atoms with Crippen molar-refractivity contribution in [3.05, 3.63) is 0 Å². The summed E-state index contributed by atoms with van der Waals surface area (Å²) in [6.45, 7) is 5.73. The van der Waals surface area contributed by atoms with E-state index in [1.165, 1.54) is 38.5 Å². The first-order valence-corrected chi connectivity index (χ1v) is 5.86. The second-order valence-electron chi connectivity index (χ2n) is 5.24. The molecule has 1 spiro atoms. The first-order chi connectivity index (χ1) is 6.22. The zero-order valence-corrected chi connectivity index (χ0v) is 9.01. The lowest BCUT2D eigenvalue weighted by Gasteiger charge is -2.34. The van der Waals surface area contributed by atoms with Crippen molar-refractivity contribution in [2.45, 2.75) is 58.0 Å². The van der Waals surface area contributed by atoms with Crippen molar-refractivity contribution in [2.24, 2.45) is 11.8 Å². The molecule has 76 valence electrons. The summed E-state index contributed by atoms with van der Waals surface area (Å²) in [5.41, 5.74) is 0.327. The van der Waals surface area contributed by atoms with Crippen LogP contribution in [0.1, 0.15) is 52.4 Å². The number of rotatable bonds is 1. The number of hydrogen-bond donors (Lipinski definition) is 0. The highest BCUT2D eigenvalue weighted by molar-refractivity contribution is 4.93. The molecule has 0 aromatic heterocycles. The van der Waals surface area contributed by atoms with E-state index >= 15 is 0 Å². The first-order valence-electron chi connectivity index (χ1n) is 5.86. The molecule has 2 unspecified atom stereocenters. The molecule has 2 rings (SSSR count). The van der Waals surface area contributed by atoms with Gasteiger partial charge in [0.1, 0.15) is 0 Å². The van der Waals surface area contributed by atoms with Gasteiger partial charge in [-0.15, -0.1) is 0 Å². The van der Waals surface area contributed by atoms with E-state index in [0.29, 0.717) is 5.60 Å². The standard InChI is InChI=1S/C12H22O/c1-10(2)11-5-7-12(9-11)6-3-4-8-13-12/h10-11H,3-9H2,1-2H3. The monoisotopic (exact) mass is 182 g/mol. The van der Waals surface area contributed by atoms with Crippen LogP contribution in [0.15, 0.2) is 0 Å². The van der Waals surface area contributed by atoms with Crippen molar-refractivity contribution in [3.63, 3.8) is 0 Å². The van der Waals surface area contributed by atoms with Crippen molar-refractivity contribution >= 4 is 0 Å². The van der Waals surface area contributed by atoms with Crippen molar-refractivity contribution in [3.8, 4) is 0 Å². The molecule has 1 saturated carbocycles. The molecule has 1 nitrogen and oxygen atoms in total. The van der Waals surface area contributed by atoms with E-state index in [1.807, 2.05) is 0 Å². The van der Waals surface area contributed by atoms with Gasteiger partial charge < -0.3 is 4.74 Å². The maximum Gasteiger partial charge on any atom is 0.0685 e. The Balaban J connectivity index is 1.94. The van der Waals surface area contributed by atoms with E-state index in [4.69, 9.17) is 4.74 Å². The van der Waals surface area contributed by atoms with E-state index < -0.39 is 0 Å². The Morgan fingerprint density at radius 1 is 1.23 bits per heavy atom. The number of hydrogen-bond acceptors (Lipinski definition) is 1. The summed E-state index contributed by atoms with van der Waals surface area (Å²) in [7, 11) is 0. The fourth-order valence-electron chi connectivity index (χ4n) is 2.97. The van der Waals surface area contributed by atoms with Crippen LogP contribution in [0.25, 0.3) is 0 Å². The molecule has 2 atom stereocenters. The Labute approximate surface area is 81.9 Å². The van der Waals surface area contributed by atoms with Gasteiger partial charge in [-0.25, -0.2) is 0 Å². The summed E-state index contributed by atoms with van der Waals surface area (Å²) >= 11 is 0. The second kappa shape index (κ2) is 3.61. The summed E-state index contributed by atoms with van der Waals surface area (Å²) in [6, 6.07) is 0. The molecule has 1 aliphatic heterocycles. The second-order valence-corrected chi connectivity index (χ2v) is 5.24. The predicted molar refractivity (Wildman–Crippen MR) is 54.7 cm³/mol. The molecule has 2 fully saturated rings. The van der Waals surface area contributed by atoms with Crippen LogP contribution in [0.3, 0.4) is 0 Å². The molecule has 1 heteroatoms. The Kier molecular flexibility index (Phi) is 2.64. The van der Waals surface area contributed by atoms with Crippen LogP contribution in [0, 0.1) is 11.8 Å². The molecule has 0 aromatic carbocycles. The van der Waals surface area contributed by atoms with Gasteiger partial charge in [0.05, 0.1) is 5.60 Å². The van der Waals surface area contributed by atoms with Gasteiger partial charge in [-0.3, -0.25) is 0 Å².